The van der Waals surface area contributed by atoms with Gasteiger partial charge in [0.2, 0.25) is 0 Å². The van der Waals surface area contributed by atoms with E-state index in [0.29, 0.717) is 4.77 Å². The van der Waals surface area contributed by atoms with E-state index in [4.69, 9.17) is 17.0 Å². The molecule has 0 saturated carbocycles. The Morgan fingerprint density at radius 3 is 2.96 bits per heavy atom. The molecule has 2 aromatic rings. The third kappa shape index (κ3) is 3.45. The monoisotopic (exact) mass is 349 g/mol. The van der Waals surface area contributed by atoms with Crippen LogP contribution in [0.25, 0.3) is 0 Å². The number of thiazole rings is 1. The zero-order valence-corrected chi connectivity index (χ0v) is 14.5. The maximum Gasteiger partial charge on any atom is 0.196 e. The van der Waals surface area contributed by atoms with Crippen molar-refractivity contribution in [2.24, 2.45) is 0 Å². The number of aromatic amines is 1. The van der Waals surface area contributed by atoms with Crippen LogP contribution in [0.15, 0.2) is 12.4 Å². The summed E-state index contributed by atoms with van der Waals surface area (Å²) in [6, 6.07) is 0. The zero-order valence-electron chi connectivity index (χ0n) is 12.8. The van der Waals surface area contributed by atoms with Crippen LogP contribution in [0.5, 0.6) is 0 Å². The summed E-state index contributed by atoms with van der Waals surface area (Å²) in [6.45, 7) is 6.37. The van der Waals surface area contributed by atoms with Gasteiger partial charge in [-0.1, -0.05) is 0 Å². The number of anilines is 1. The molecule has 1 saturated heterocycles. The van der Waals surface area contributed by atoms with Crippen LogP contribution in [0.3, 0.4) is 0 Å². The molecule has 1 N–H and O–H groups in total. The molecule has 4 heterocycles. The van der Waals surface area contributed by atoms with Crippen LogP contribution < -0.4 is 4.90 Å². The van der Waals surface area contributed by atoms with E-state index in [-0.39, 0.29) is 0 Å². The Hall–Kier alpha value is -1.35. The van der Waals surface area contributed by atoms with E-state index in [1.54, 1.807) is 11.3 Å². The van der Waals surface area contributed by atoms with Crippen molar-refractivity contribution in [2.75, 3.05) is 37.7 Å². The first-order valence-electron chi connectivity index (χ1n) is 7.85. The molecule has 0 unspecified atom stereocenters. The molecule has 2 aliphatic rings. The van der Waals surface area contributed by atoms with Gasteiger partial charge in [0, 0.05) is 67.7 Å². The molecule has 0 aliphatic carbocycles. The van der Waals surface area contributed by atoms with Crippen LogP contribution in [-0.4, -0.2) is 52.7 Å². The van der Waals surface area contributed by atoms with E-state index in [1.165, 1.54) is 16.1 Å². The number of rotatable bonds is 3. The van der Waals surface area contributed by atoms with Gasteiger partial charge in [0.25, 0.3) is 0 Å². The number of ether oxygens (including phenoxy) is 1. The molecule has 4 rings (SSSR count). The number of fused-ring (bicyclic) bond motifs is 1. The Morgan fingerprint density at radius 1 is 1.22 bits per heavy atom. The molecule has 0 aromatic carbocycles. The molecule has 0 atom stereocenters. The molecule has 2 aromatic heterocycles. The van der Waals surface area contributed by atoms with Gasteiger partial charge >= 0.3 is 0 Å². The summed E-state index contributed by atoms with van der Waals surface area (Å²) in [5.74, 6) is 0. The van der Waals surface area contributed by atoms with Crippen LogP contribution >= 0.6 is 23.6 Å². The minimum Gasteiger partial charge on any atom is -0.378 e. The first-order chi connectivity index (χ1) is 11.3. The van der Waals surface area contributed by atoms with Gasteiger partial charge in [-0.15, -0.1) is 11.3 Å². The third-order valence-electron chi connectivity index (χ3n) is 4.26. The quantitative estimate of drug-likeness (QED) is 0.856. The molecule has 0 bridgehead atoms. The second kappa shape index (κ2) is 6.64. The summed E-state index contributed by atoms with van der Waals surface area (Å²) in [7, 11) is 0. The van der Waals surface area contributed by atoms with Gasteiger partial charge in [0.1, 0.15) is 0 Å². The Kier molecular flexibility index (Phi) is 4.39. The van der Waals surface area contributed by atoms with Gasteiger partial charge in [-0.05, 0) is 12.2 Å². The summed E-state index contributed by atoms with van der Waals surface area (Å²) < 4.78 is 5.98. The predicted molar refractivity (Wildman–Crippen MR) is 92.4 cm³/mol. The number of morpholine rings is 1. The first-order valence-corrected chi connectivity index (χ1v) is 9.07. The first kappa shape index (κ1) is 15.2. The number of hydrogen-bond donors (Lipinski definition) is 1. The zero-order chi connectivity index (χ0) is 15.6. The van der Waals surface area contributed by atoms with E-state index in [0.717, 1.165) is 57.5 Å². The second-order valence-electron chi connectivity index (χ2n) is 5.86. The standard InChI is InChI=1S/C15H19N5OS2/c22-14-16-7-11-9-19(2-1-13(11)18-14)10-12-8-17-15(23-12)20-3-5-21-6-4-20/h7-8H,1-6,9-10H2,(H,16,18,22). The van der Waals surface area contributed by atoms with Gasteiger partial charge < -0.3 is 14.6 Å². The number of nitrogens with one attached hydrogen (secondary N) is 1. The predicted octanol–water partition coefficient (Wildman–Crippen LogP) is 1.99. The Morgan fingerprint density at radius 2 is 2.09 bits per heavy atom. The molecule has 23 heavy (non-hydrogen) atoms. The van der Waals surface area contributed by atoms with Crippen molar-refractivity contribution >= 4 is 28.7 Å². The van der Waals surface area contributed by atoms with Crippen molar-refractivity contribution in [1.82, 2.24) is 19.9 Å². The molecular weight excluding hydrogens is 330 g/mol. The Labute approximate surface area is 144 Å². The smallest absolute Gasteiger partial charge is 0.196 e. The van der Waals surface area contributed by atoms with E-state index in [9.17, 15) is 0 Å². The summed E-state index contributed by atoms with van der Waals surface area (Å²) >= 11 is 6.89. The van der Waals surface area contributed by atoms with Crippen LogP contribution in [-0.2, 0) is 24.2 Å². The fourth-order valence-electron chi connectivity index (χ4n) is 3.03. The summed E-state index contributed by atoms with van der Waals surface area (Å²) in [6.07, 6.45) is 4.92. The summed E-state index contributed by atoms with van der Waals surface area (Å²) in [5.41, 5.74) is 2.49. The van der Waals surface area contributed by atoms with Gasteiger partial charge in [-0.2, -0.15) is 0 Å². The lowest BCUT2D eigenvalue weighted by Crippen LogP contribution is -2.36. The number of nitrogens with zero attached hydrogens (tertiary/aromatic N) is 4. The van der Waals surface area contributed by atoms with E-state index in [2.05, 4.69) is 24.8 Å². The Bertz CT molecular complexity index is 737. The fraction of sp³-hybridized carbons (Fsp3) is 0.533. The van der Waals surface area contributed by atoms with Crippen LogP contribution in [0.4, 0.5) is 5.13 Å². The van der Waals surface area contributed by atoms with Crippen molar-refractivity contribution in [3.8, 4) is 0 Å². The molecule has 6 nitrogen and oxygen atoms in total. The van der Waals surface area contributed by atoms with Crippen molar-refractivity contribution in [2.45, 2.75) is 19.5 Å². The lowest BCUT2D eigenvalue weighted by molar-refractivity contribution is 0.122. The topological polar surface area (TPSA) is 57.3 Å². The highest BCUT2D eigenvalue weighted by molar-refractivity contribution is 7.71. The SMILES string of the molecule is S=c1ncc2c([nH]1)CCN(Cc1cnc(N3CCOCC3)s1)C2. The molecule has 0 spiro atoms. The van der Waals surface area contributed by atoms with E-state index in [1.807, 2.05) is 12.4 Å². The van der Waals surface area contributed by atoms with Crippen molar-refractivity contribution < 1.29 is 4.74 Å². The molecule has 0 amide bonds. The summed E-state index contributed by atoms with van der Waals surface area (Å²) in [4.78, 5) is 18.1. The van der Waals surface area contributed by atoms with Gasteiger partial charge in [0.15, 0.2) is 9.90 Å². The minimum atomic E-state index is 0.579. The van der Waals surface area contributed by atoms with Crippen molar-refractivity contribution in [1.29, 1.82) is 0 Å². The highest BCUT2D eigenvalue weighted by Gasteiger charge is 2.19. The molecule has 122 valence electrons. The molecule has 1 fully saturated rings. The van der Waals surface area contributed by atoms with Crippen LogP contribution in [0, 0.1) is 4.77 Å². The second-order valence-corrected chi connectivity index (χ2v) is 7.34. The van der Waals surface area contributed by atoms with Crippen molar-refractivity contribution in [3.63, 3.8) is 0 Å². The summed E-state index contributed by atoms with van der Waals surface area (Å²) in [5, 5.41) is 1.12. The lowest BCUT2D eigenvalue weighted by atomic mass is 10.1. The minimum absolute atomic E-state index is 0.579. The maximum atomic E-state index is 5.40. The number of hydrogen-bond acceptors (Lipinski definition) is 7. The molecular formula is C15H19N5OS2. The average Bonchev–Trinajstić information content (AvgIpc) is 3.04. The Balaban J connectivity index is 1.42. The number of aromatic nitrogens is 3. The highest BCUT2D eigenvalue weighted by atomic mass is 32.1. The van der Waals surface area contributed by atoms with Gasteiger partial charge in [-0.3, -0.25) is 4.90 Å². The third-order valence-corrected chi connectivity index (χ3v) is 5.51. The van der Waals surface area contributed by atoms with E-state index < -0.39 is 0 Å². The fourth-order valence-corrected chi connectivity index (χ4v) is 4.21. The van der Waals surface area contributed by atoms with Crippen molar-refractivity contribution in [3.05, 3.63) is 33.3 Å². The molecule has 2 aliphatic heterocycles. The van der Waals surface area contributed by atoms with Crippen LogP contribution in [0.2, 0.25) is 0 Å². The van der Waals surface area contributed by atoms with Gasteiger partial charge in [0.05, 0.1) is 13.2 Å². The lowest BCUT2D eigenvalue weighted by Gasteiger charge is -2.27. The highest BCUT2D eigenvalue weighted by Crippen LogP contribution is 2.26. The van der Waals surface area contributed by atoms with Gasteiger partial charge in [-0.25, -0.2) is 9.97 Å². The average molecular weight is 349 g/mol. The molecule has 8 heteroatoms. The maximum absolute atomic E-state index is 5.40. The molecule has 0 radical (unpaired) electrons. The largest absolute Gasteiger partial charge is 0.378 e. The van der Waals surface area contributed by atoms with E-state index >= 15 is 0 Å². The number of H-pyrrole nitrogens is 1. The van der Waals surface area contributed by atoms with Crippen LogP contribution in [0.1, 0.15) is 16.1 Å². The normalized spacial score (nSPS) is 18.9.